The van der Waals surface area contributed by atoms with Crippen molar-refractivity contribution in [3.63, 3.8) is 0 Å². The van der Waals surface area contributed by atoms with E-state index in [0.717, 1.165) is 19.5 Å². The average molecular weight is 338 g/mol. The third kappa shape index (κ3) is 5.52. The van der Waals surface area contributed by atoms with Gasteiger partial charge in [0.15, 0.2) is 0 Å². The highest BCUT2D eigenvalue weighted by Gasteiger charge is 2.21. The molecule has 1 aromatic carbocycles. The largest absolute Gasteiger partial charge is 0.335 e. The Kier molecular flexibility index (Phi) is 6.42. The number of rotatable bonds is 5. The quantitative estimate of drug-likeness (QED) is 0.898. The smallest absolute Gasteiger partial charge is 0.244 e. The SMILES string of the molecule is C[C@@H]1CCCN(CC(=O)N(C)CC(=O)Nc2ccccc2Cl)C1. The molecule has 0 bridgehead atoms. The van der Waals surface area contributed by atoms with Crippen molar-refractivity contribution in [2.75, 3.05) is 38.5 Å². The van der Waals surface area contributed by atoms with Crippen LogP contribution >= 0.6 is 11.6 Å². The normalized spacial score (nSPS) is 18.5. The lowest BCUT2D eigenvalue weighted by atomic mass is 10.0. The van der Waals surface area contributed by atoms with E-state index < -0.39 is 0 Å². The first-order chi connectivity index (χ1) is 11.0. The molecule has 1 fully saturated rings. The maximum atomic E-state index is 12.3. The fraction of sp³-hybridized carbons (Fsp3) is 0.529. The number of hydrogen-bond donors (Lipinski definition) is 1. The molecule has 2 amide bonds. The van der Waals surface area contributed by atoms with Crippen molar-refractivity contribution < 1.29 is 9.59 Å². The molecule has 1 aromatic rings. The number of carbonyl (C=O) groups excluding carboxylic acids is 2. The molecule has 0 spiro atoms. The maximum absolute atomic E-state index is 12.3. The van der Waals surface area contributed by atoms with E-state index in [-0.39, 0.29) is 18.4 Å². The third-order valence-corrected chi connectivity index (χ3v) is 4.38. The second-order valence-corrected chi connectivity index (χ2v) is 6.67. The van der Waals surface area contributed by atoms with Gasteiger partial charge in [0.05, 0.1) is 23.8 Å². The van der Waals surface area contributed by atoms with Gasteiger partial charge in [-0.3, -0.25) is 14.5 Å². The molecule has 1 aliphatic rings. The van der Waals surface area contributed by atoms with Gasteiger partial charge < -0.3 is 10.2 Å². The Morgan fingerprint density at radius 2 is 2.13 bits per heavy atom. The lowest BCUT2D eigenvalue weighted by Crippen LogP contribution is -2.44. The number of anilines is 1. The van der Waals surface area contributed by atoms with Crippen molar-refractivity contribution >= 4 is 29.1 Å². The number of benzene rings is 1. The summed E-state index contributed by atoms with van der Waals surface area (Å²) in [6, 6.07) is 7.04. The van der Waals surface area contributed by atoms with Gasteiger partial charge in [-0.2, -0.15) is 0 Å². The van der Waals surface area contributed by atoms with Gasteiger partial charge in [0.1, 0.15) is 0 Å². The molecule has 126 valence electrons. The zero-order valence-electron chi connectivity index (χ0n) is 13.7. The van der Waals surface area contributed by atoms with E-state index in [1.54, 1.807) is 31.3 Å². The number of halogens is 1. The number of nitrogens with zero attached hydrogens (tertiary/aromatic N) is 2. The number of hydrogen-bond acceptors (Lipinski definition) is 3. The summed E-state index contributed by atoms with van der Waals surface area (Å²) in [5, 5.41) is 3.21. The summed E-state index contributed by atoms with van der Waals surface area (Å²) in [5.74, 6) is 0.347. The molecule has 0 radical (unpaired) electrons. The molecule has 1 aliphatic heterocycles. The number of likely N-dealkylation sites (N-methyl/N-ethyl adjacent to an activating group) is 1. The molecule has 23 heavy (non-hydrogen) atoms. The van der Waals surface area contributed by atoms with Crippen molar-refractivity contribution in [2.24, 2.45) is 5.92 Å². The van der Waals surface area contributed by atoms with E-state index in [9.17, 15) is 9.59 Å². The van der Waals surface area contributed by atoms with E-state index in [0.29, 0.717) is 23.2 Å². The van der Waals surface area contributed by atoms with Gasteiger partial charge in [-0.15, -0.1) is 0 Å². The molecule has 0 aliphatic carbocycles. The topological polar surface area (TPSA) is 52.7 Å². The van der Waals surface area contributed by atoms with Crippen molar-refractivity contribution in [3.8, 4) is 0 Å². The highest BCUT2D eigenvalue weighted by Crippen LogP contribution is 2.20. The molecule has 0 saturated carbocycles. The molecule has 1 atom stereocenters. The summed E-state index contributed by atoms with van der Waals surface area (Å²) in [6.07, 6.45) is 2.35. The fourth-order valence-electron chi connectivity index (χ4n) is 2.80. The van der Waals surface area contributed by atoms with Crippen LogP contribution in [-0.4, -0.2) is 54.8 Å². The first-order valence-corrected chi connectivity index (χ1v) is 8.34. The predicted octanol–water partition coefficient (Wildman–Crippen LogP) is 2.47. The van der Waals surface area contributed by atoms with Crippen LogP contribution < -0.4 is 5.32 Å². The Hall–Kier alpha value is -1.59. The molecule has 1 N–H and O–H groups in total. The number of para-hydroxylation sites is 1. The lowest BCUT2D eigenvalue weighted by molar-refractivity contribution is -0.134. The molecule has 6 heteroatoms. The Morgan fingerprint density at radius 1 is 1.39 bits per heavy atom. The van der Waals surface area contributed by atoms with Gasteiger partial charge in [-0.25, -0.2) is 0 Å². The number of carbonyl (C=O) groups is 2. The van der Waals surface area contributed by atoms with Crippen LogP contribution in [0.2, 0.25) is 5.02 Å². The minimum atomic E-state index is -0.249. The van der Waals surface area contributed by atoms with Crippen molar-refractivity contribution in [1.82, 2.24) is 9.80 Å². The van der Waals surface area contributed by atoms with Crippen molar-refractivity contribution in [1.29, 1.82) is 0 Å². The summed E-state index contributed by atoms with van der Waals surface area (Å²) in [6.45, 7) is 4.51. The Balaban J connectivity index is 1.81. The fourth-order valence-corrected chi connectivity index (χ4v) is 2.98. The van der Waals surface area contributed by atoms with E-state index in [1.807, 2.05) is 0 Å². The minimum absolute atomic E-state index is 0.0213. The highest BCUT2D eigenvalue weighted by molar-refractivity contribution is 6.33. The van der Waals surface area contributed by atoms with Gasteiger partial charge in [-0.1, -0.05) is 30.7 Å². The predicted molar refractivity (Wildman–Crippen MR) is 92.6 cm³/mol. The van der Waals surface area contributed by atoms with Crippen LogP contribution in [0, 0.1) is 5.92 Å². The summed E-state index contributed by atoms with van der Waals surface area (Å²) >= 11 is 6.01. The van der Waals surface area contributed by atoms with Gasteiger partial charge in [0.2, 0.25) is 11.8 Å². The standard InChI is InChI=1S/C17H24ClN3O2/c1-13-6-5-9-21(10-13)12-17(23)20(2)11-16(22)19-15-8-4-3-7-14(15)18/h3-4,7-8,13H,5-6,9-12H2,1-2H3,(H,19,22)/t13-/m1/s1. The van der Waals surface area contributed by atoms with Crippen molar-refractivity contribution in [3.05, 3.63) is 29.3 Å². The molecule has 2 rings (SSSR count). The minimum Gasteiger partial charge on any atom is -0.335 e. The van der Waals surface area contributed by atoms with E-state index in [4.69, 9.17) is 11.6 Å². The second kappa shape index (κ2) is 8.31. The van der Waals surface area contributed by atoms with E-state index in [1.165, 1.54) is 11.3 Å². The summed E-state index contributed by atoms with van der Waals surface area (Å²) in [4.78, 5) is 27.9. The van der Waals surface area contributed by atoms with Crippen LogP contribution in [0.5, 0.6) is 0 Å². The Morgan fingerprint density at radius 3 is 2.83 bits per heavy atom. The van der Waals surface area contributed by atoms with Gasteiger partial charge in [-0.05, 0) is 37.4 Å². The maximum Gasteiger partial charge on any atom is 0.244 e. The van der Waals surface area contributed by atoms with Gasteiger partial charge >= 0.3 is 0 Å². The lowest BCUT2D eigenvalue weighted by Gasteiger charge is -2.31. The molecule has 0 unspecified atom stereocenters. The number of nitrogens with one attached hydrogen (secondary N) is 1. The average Bonchev–Trinajstić information content (AvgIpc) is 2.49. The molecular weight excluding hydrogens is 314 g/mol. The number of amides is 2. The Labute approximate surface area is 142 Å². The summed E-state index contributed by atoms with van der Waals surface area (Å²) in [7, 11) is 1.65. The first-order valence-electron chi connectivity index (χ1n) is 7.96. The van der Waals surface area contributed by atoms with Crippen LogP contribution in [0.3, 0.4) is 0 Å². The van der Waals surface area contributed by atoms with Crippen LogP contribution in [0.15, 0.2) is 24.3 Å². The third-order valence-electron chi connectivity index (χ3n) is 4.05. The highest BCUT2D eigenvalue weighted by atomic mass is 35.5. The van der Waals surface area contributed by atoms with Crippen LogP contribution in [0.1, 0.15) is 19.8 Å². The molecule has 1 saturated heterocycles. The summed E-state index contributed by atoms with van der Waals surface area (Å²) in [5.41, 5.74) is 0.560. The number of piperidine rings is 1. The zero-order chi connectivity index (χ0) is 16.8. The molecule has 5 nitrogen and oxygen atoms in total. The van der Waals surface area contributed by atoms with Crippen LogP contribution in [0.4, 0.5) is 5.69 Å². The van der Waals surface area contributed by atoms with Gasteiger partial charge in [0, 0.05) is 13.6 Å². The van der Waals surface area contributed by atoms with E-state index >= 15 is 0 Å². The molecule has 1 heterocycles. The first kappa shape index (κ1) is 17.8. The second-order valence-electron chi connectivity index (χ2n) is 6.26. The van der Waals surface area contributed by atoms with E-state index in [2.05, 4.69) is 17.1 Å². The van der Waals surface area contributed by atoms with Crippen molar-refractivity contribution in [2.45, 2.75) is 19.8 Å². The summed E-state index contributed by atoms with van der Waals surface area (Å²) < 4.78 is 0. The monoisotopic (exact) mass is 337 g/mol. The Bertz CT molecular complexity index is 565. The molecular formula is C17H24ClN3O2. The zero-order valence-corrected chi connectivity index (χ0v) is 14.5. The number of likely N-dealkylation sites (tertiary alicyclic amines) is 1. The van der Waals surface area contributed by atoms with Gasteiger partial charge in [0.25, 0.3) is 0 Å². The van der Waals surface area contributed by atoms with Crippen LogP contribution in [0.25, 0.3) is 0 Å². The molecule has 0 aromatic heterocycles. The van der Waals surface area contributed by atoms with Crippen LogP contribution in [-0.2, 0) is 9.59 Å².